The van der Waals surface area contributed by atoms with E-state index in [1.807, 2.05) is 0 Å². The number of pyridine rings is 2. The number of hydrogen-bond donors (Lipinski definition) is 0. The monoisotopic (exact) mass is 1020 g/mol. The number of hydrogen-bond acceptors (Lipinski definition) is 2. The van der Waals surface area contributed by atoms with Crippen LogP contribution in [-0.2, 0) is 10.8 Å². The van der Waals surface area contributed by atoms with Crippen LogP contribution in [0.25, 0.3) is 61.0 Å². The highest BCUT2D eigenvalue weighted by atomic mass is 28.3. The van der Waals surface area contributed by atoms with Gasteiger partial charge in [-0.3, -0.25) is 0 Å². The van der Waals surface area contributed by atoms with Crippen LogP contribution in [0, 0.1) is 0 Å². The predicted octanol–water partition coefficient (Wildman–Crippen LogP) is 12.2. The Morgan fingerprint density at radius 2 is 0.911 bits per heavy atom. The van der Waals surface area contributed by atoms with E-state index in [0.29, 0.717) is 0 Å². The average Bonchev–Trinajstić information content (AvgIpc) is 3.03. The summed E-state index contributed by atoms with van der Waals surface area (Å²) in [6, 6.07) is 91.9. The zero-order valence-electron chi connectivity index (χ0n) is 42.2. The van der Waals surface area contributed by atoms with Gasteiger partial charge in [-0.25, -0.2) is 0 Å². The highest BCUT2D eigenvalue weighted by Gasteiger charge is 2.75. The molecule has 7 aliphatic heterocycles. The summed E-state index contributed by atoms with van der Waals surface area (Å²) in [6.07, 6.45) is 2.37. The van der Waals surface area contributed by atoms with E-state index < -0.39 is 18.9 Å². The van der Waals surface area contributed by atoms with Crippen molar-refractivity contribution >= 4 is 79.3 Å². The third kappa shape index (κ3) is 3.63. The summed E-state index contributed by atoms with van der Waals surface area (Å²) in [7, 11) is -3.22. The Kier molecular flexibility index (Phi) is 6.20. The van der Waals surface area contributed by atoms with Gasteiger partial charge in [0.2, 0.25) is 17.1 Å². The van der Waals surface area contributed by atoms with Crippen molar-refractivity contribution in [3.8, 4) is 50.7 Å². The number of aromatic nitrogens is 3. The van der Waals surface area contributed by atoms with Crippen molar-refractivity contribution < 1.29 is 14.1 Å². The van der Waals surface area contributed by atoms with E-state index in [2.05, 4.69) is 262 Å². The Hall–Kier alpha value is -9.92. The van der Waals surface area contributed by atoms with Gasteiger partial charge in [0, 0.05) is 54.8 Å². The van der Waals surface area contributed by atoms with Crippen LogP contribution >= 0.6 is 0 Å². The van der Waals surface area contributed by atoms with Crippen molar-refractivity contribution in [2.75, 3.05) is 4.90 Å². The van der Waals surface area contributed by atoms with Gasteiger partial charge in [-0.2, -0.15) is 9.47 Å². The SMILES string of the molecule is c1ccc2c(c1)-c1ccccc1C21c2cccc3c2N2c4c1cccc4[Si]1(c4ccccc4-c4ccccc41)c1ccc4[n+](c12)[N+]31c2c(ccc3c2-n2c5c(cccc5c5ccc[n+]1c52)C31c2ccccc2-c2ccccc21)O4. The van der Waals surface area contributed by atoms with Gasteiger partial charge < -0.3 is 4.74 Å². The molecule has 0 fully saturated rings. The summed E-state index contributed by atoms with van der Waals surface area (Å²) in [5.41, 5.74) is 25.5. The molecule has 0 saturated carbocycles. The molecule has 3 aromatic heterocycles. The quantitative estimate of drug-likeness (QED) is 0.0859. The maximum atomic E-state index is 7.74. The molecule has 10 heterocycles. The van der Waals surface area contributed by atoms with Crippen molar-refractivity contribution in [2.24, 2.45) is 0 Å². The molecule has 0 N–H and O–H groups in total. The average molecular weight is 1020 g/mol. The zero-order chi connectivity index (χ0) is 50.6. The van der Waals surface area contributed by atoms with E-state index in [-0.39, 0.29) is 4.70 Å². The number of quaternary nitrogens is 1. The first-order valence-electron chi connectivity index (χ1n) is 27.7. The van der Waals surface area contributed by atoms with E-state index in [4.69, 9.17) is 4.74 Å². The molecule has 0 saturated heterocycles. The van der Waals surface area contributed by atoms with E-state index >= 15 is 0 Å². The molecule has 0 radical (unpaired) electrons. The fourth-order valence-electron chi connectivity index (χ4n) is 18.3. The molecule has 22 rings (SSSR count). The summed E-state index contributed by atoms with van der Waals surface area (Å²) < 4.78 is 15.9. The molecule has 10 aromatic carbocycles. The summed E-state index contributed by atoms with van der Waals surface area (Å²) in [5.74, 6) is 2.84. The topological polar surface area (TPSA) is 25.2 Å². The fraction of sp³-hybridized carbons (Fsp3) is 0.0278. The predicted molar refractivity (Wildman–Crippen MR) is 313 cm³/mol. The molecular formula is C72H40N5OSi+3. The number of para-hydroxylation sites is 3. The maximum Gasteiger partial charge on any atom is 0.350 e. The first-order valence-corrected chi connectivity index (χ1v) is 29.7. The van der Waals surface area contributed by atoms with Crippen molar-refractivity contribution in [1.82, 2.24) is 9.27 Å². The fourth-order valence-corrected chi connectivity index (χ4v) is 23.8. The Labute approximate surface area is 453 Å². The molecule has 7 heteroatoms. The first-order chi connectivity index (χ1) is 39.2. The lowest BCUT2D eigenvalue weighted by atomic mass is 9.64. The molecule has 79 heavy (non-hydrogen) atoms. The van der Waals surface area contributed by atoms with Crippen molar-refractivity contribution in [3.63, 3.8) is 0 Å². The van der Waals surface area contributed by atoms with Gasteiger partial charge in [0.25, 0.3) is 5.69 Å². The van der Waals surface area contributed by atoms with Crippen LogP contribution in [0.1, 0.15) is 44.5 Å². The van der Waals surface area contributed by atoms with Crippen LogP contribution in [0.4, 0.5) is 28.6 Å². The Balaban J connectivity index is 1.01. The van der Waals surface area contributed by atoms with Crippen molar-refractivity contribution in [3.05, 3.63) is 287 Å². The minimum atomic E-state index is -3.22. The van der Waals surface area contributed by atoms with Crippen molar-refractivity contribution in [2.45, 2.75) is 10.8 Å². The second kappa shape index (κ2) is 12.4. The molecule has 6 nitrogen and oxygen atoms in total. The Morgan fingerprint density at radius 3 is 1.58 bits per heavy atom. The Bertz CT molecular complexity index is 5090. The number of ether oxygens (including phenoxy) is 1. The van der Waals surface area contributed by atoms with E-state index in [0.717, 1.165) is 23.0 Å². The van der Waals surface area contributed by atoms with E-state index in [1.54, 1.807) is 0 Å². The second-order valence-electron chi connectivity index (χ2n) is 23.1. The largest absolute Gasteiger partial charge is 0.412 e. The maximum absolute atomic E-state index is 7.74. The highest BCUT2D eigenvalue weighted by Crippen LogP contribution is 2.70. The standard InChI is InChI=1S/C72H40N5OSi/c1-7-25-49-41(17-1)42-18-2-8-26-50(42)71(49)53-29-13-23-47-48-24-16-40-73-69(48)74(64(47)53)67-56(71)36-37-58-68(67)77(73)57-32-14-30-54-65(57)75-66-55(72(54)51-27-9-3-19-43(51)44-20-4-10-28-52(44)72)31-15-35-61(66)79(62-38-39-63(78-58)76(77)70(62)75)59-33-11-5-21-45(59)46-22-6-12-34-60(46)79/h1-40H/q+3. The third-order valence-corrected chi connectivity index (χ3v) is 25.4. The highest BCUT2D eigenvalue weighted by molar-refractivity contribution is 7.23. The summed E-state index contributed by atoms with van der Waals surface area (Å²) in [4.78, 5) is 2.74. The molecular weight excluding hydrogens is 979 g/mol. The van der Waals surface area contributed by atoms with Crippen LogP contribution in [-0.4, -0.2) is 12.6 Å². The van der Waals surface area contributed by atoms with Gasteiger partial charge in [0.1, 0.15) is 11.2 Å². The normalized spacial score (nSPS) is 18.3. The molecule has 13 aromatic rings. The molecule has 2 aliphatic carbocycles. The molecule has 0 bridgehead atoms. The summed E-state index contributed by atoms with van der Waals surface area (Å²) >= 11 is 0. The van der Waals surface area contributed by atoms with Gasteiger partial charge in [0.05, 0.1) is 20.9 Å². The Morgan fingerprint density at radius 1 is 0.392 bits per heavy atom. The number of fused-ring (bicyclic) bond motifs is 22. The van der Waals surface area contributed by atoms with Gasteiger partial charge >= 0.3 is 23.0 Å². The molecule has 0 amide bonds. The molecule has 1 atom stereocenters. The minimum absolute atomic E-state index is 0.226. The second-order valence-corrected chi connectivity index (χ2v) is 26.7. The van der Waals surface area contributed by atoms with Gasteiger partial charge in [-0.05, 0) is 107 Å². The van der Waals surface area contributed by atoms with Crippen LogP contribution in [0.5, 0.6) is 11.6 Å². The summed E-state index contributed by atoms with van der Waals surface area (Å²) in [5, 5.41) is 8.16. The zero-order valence-corrected chi connectivity index (χ0v) is 43.2. The lowest BCUT2D eigenvalue weighted by molar-refractivity contribution is -1.03. The lowest BCUT2D eigenvalue weighted by Crippen LogP contribution is -2.90. The number of rotatable bonds is 0. The van der Waals surface area contributed by atoms with Crippen LogP contribution in [0.3, 0.4) is 0 Å². The minimum Gasteiger partial charge on any atom is -0.412 e. The van der Waals surface area contributed by atoms with Crippen LogP contribution < -0.4 is 44.4 Å². The first kappa shape index (κ1) is 39.5. The van der Waals surface area contributed by atoms with Crippen LogP contribution in [0.2, 0.25) is 0 Å². The van der Waals surface area contributed by atoms with Crippen LogP contribution in [0.15, 0.2) is 243 Å². The van der Waals surface area contributed by atoms with E-state index in [9.17, 15) is 0 Å². The number of nitrogens with zero attached hydrogens (tertiary/aromatic N) is 5. The number of anilines is 3. The van der Waals surface area contributed by atoms with Crippen molar-refractivity contribution in [1.29, 1.82) is 0 Å². The lowest BCUT2D eigenvalue weighted by Gasteiger charge is -2.50. The van der Waals surface area contributed by atoms with E-state index in [1.165, 1.54) is 143 Å². The summed E-state index contributed by atoms with van der Waals surface area (Å²) in [6.45, 7) is 0. The molecule has 360 valence electrons. The smallest absolute Gasteiger partial charge is 0.350 e. The number of benzene rings is 10. The molecule has 1 unspecified atom stereocenters. The third-order valence-electron chi connectivity index (χ3n) is 20.5. The molecule has 9 aliphatic rings. The van der Waals surface area contributed by atoms with Gasteiger partial charge in [0.15, 0.2) is 14.3 Å². The molecule has 4 spiro atoms. The van der Waals surface area contributed by atoms with Gasteiger partial charge in [-0.15, -0.1) is 0 Å². The van der Waals surface area contributed by atoms with Gasteiger partial charge in [-0.1, -0.05) is 188 Å².